The Morgan fingerprint density at radius 2 is 0.181 bits per heavy atom. The van der Waals surface area contributed by atoms with Crippen molar-refractivity contribution in [3.63, 3.8) is 0 Å². The molecule has 0 aliphatic heterocycles. The van der Waals surface area contributed by atoms with Crippen LogP contribution in [0.5, 0.6) is 0 Å². The first kappa shape index (κ1) is 127. The molecule has 0 saturated carbocycles. The standard InChI is InChI=1S/5C18H36O2.5Mg/c5*1-2-3-4-5-6-7-8-9-10-11-12-13-14-15-16-17-18(19)20;;;;;/h5*2-17H2,1H3,(H,19,20);;;;;/q;;;;;5*+2/p-5. The summed E-state index contributed by atoms with van der Waals surface area (Å²) in [6, 6.07) is 0. The number of carbonyl (C=O) groups is 5. The zero-order valence-corrected chi connectivity index (χ0v) is 78.8. The number of unbranched alkanes of at least 4 members (excludes halogenated alkanes) is 70. The molecule has 0 saturated heterocycles. The predicted octanol–water partition coefficient (Wildman–Crippen LogP) is 23.1. The van der Waals surface area contributed by atoms with Gasteiger partial charge in [-0.25, -0.2) is 0 Å². The van der Waals surface area contributed by atoms with Crippen molar-refractivity contribution < 1.29 is 49.5 Å². The van der Waals surface area contributed by atoms with Gasteiger partial charge in [-0.1, -0.05) is 484 Å². The third-order valence-corrected chi connectivity index (χ3v) is 19.9. The average Bonchev–Trinajstić information content (AvgIpc) is 3.69. The summed E-state index contributed by atoms with van der Waals surface area (Å²) in [5.41, 5.74) is 0. The van der Waals surface area contributed by atoms with Crippen LogP contribution in [0.15, 0.2) is 0 Å². The zero-order valence-electron chi connectivity index (χ0n) is 71.7. The van der Waals surface area contributed by atoms with Crippen LogP contribution in [0.2, 0.25) is 0 Å². The quantitative estimate of drug-likeness (QED) is 0.0417. The smallest absolute Gasteiger partial charge is 0.550 e. The molecule has 0 aliphatic rings. The van der Waals surface area contributed by atoms with E-state index < -0.39 is 29.8 Å². The van der Waals surface area contributed by atoms with Crippen molar-refractivity contribution in [1.82, 2.24) is 0 Å². The van der Waals surface area contributed by atoms with E-state index in [1.54, 1.807) is 0 Å². The van der Waals surface area contributed by atoms with E-state index in [1.165, 1.54) is 417 Å². The van der Waals surface area contributed by atoms with Crippen LogP contribution < -0.4 is 25.5 Å². The number of hydrogen-bond donors (Lipinski definition) is 0. The summed E-state index contributed by atoms with van der Waals surface area (Å²) in [5.74, 6) is -4.52. The van der Waals surface area contributed by atoms with Crippen molar-refractivity contribution in [1.29, 1.82) is 0 Å². The van der Waals surface area contributed by atoms with Gasteiger partial charge in [0, 0.05) is 29.8 Å². The Hall–Kier alpha value is 1.18. The summed E-state index contributed by atoms with van der Waals surface area (Å²) in [6.07, 6.45) is 99.3. The molecule has 0 amide bonds. The molecule has 0 rings (SSSR count). The Morgan fingerprint density at radius 3 is 0.238 bits per heavy atom. The SMILES string of the molecule is CCCCCCCCCCCCCCCCCC(=O)[O-].CCCCCCCCCCCCCCCCCC(=O)[O-].CCCCCCCCCCCCCCCCCC(=O)[O-].CCCCCCCCCCCCCCCCCC(=O)[O-].CCCCCCCCCCCCCCCCCC(=O)[O-].[Mg+2].[Mg+2].[Mg+2].[Mg+2].[Mg+2]. The van der Waals surface area contributed by atoms with Gasteiger partial charge >= 0.3 is 115 Å². The van der Waals surface area contributed by atoms with Crippen LogP contribution in [-0.2, 0) is 24.0 Å². The molecule has 0 atom stereocenters. The molecule has 0 spiro atoms. The van der Waals surface area contributed by atoms with Gasteiger partial charge in [-0.2, -0.15) is 0 Å². The van der Waals surface area contributed by atoms with Gasteiger partial charge in [0.15, 0.2) is 0 Å². The van der Waals surface area contributed by atoms with Gasteiger partial charge in [0.1, 0.15) is 0 Å². The topological polar surface area (TPSA) is 201 Å². The van der Waals surface area contributed by atoms with Crippen molar-refractivity contribution in [2.75, 3.05) is 0 Å². The maximum Gasteiger partial charge on any atom is 2.00 e. The molecule has 0 aromatic carbocycles. The normalized spacial score (nSPS) is 10.3. The monoisotopic (exact) mass is 1540 g/mol. The summed E-state index contributed by atoms with van der Waals surface area (Å²) < 4.78 is 0. The molecular formula is C90H175Mg5O10+5. The summed E-state index contributed by atoms with van der Waals surface area (Å²) in [4.78, 5) is 51.1. The summed E-state index contributed by atoms with van der Waals surface area (Å²) >= 11 is 0. The van der Waals surface area contributed by atoms with Crippen LogP contribution in [0.3, 0.4) is 0 Å². The molecule has 600 valence electrons. The molecule has 10 nitrogen and oxygen atoms in total. The second-order valence-corrected chi connectivity index (χ2v) is 30.4. The largest absolute Gasteiger partial charge is 2.00 e. The summed E-state index contributed by atoms with van der Waals surface area (Å²) in [7, 11) is 0. The number of aliphatic carboxylic acids is 5. The van der Waals surface area contributed by atoms with Crippen LogP contribution in [-0.4, -0.2) is 145 Å². The Labute approximate surface area is 735 Å². The molecule has 0 heterocycles. The Morgan fingerprint density at radius 1 is 0.124 bits per heavy atom. The van der Waals surface area contributed by atoms with Crippen molar-refractivity contribution in [3.8, 4) is 0 Å². The fourth-order valence-corrected chi connectivity index (χ4v) is 13.2. The van der Waals surface area contributed by atoms with Crippen LogP contribution in [0, 0.1) is 0 Å². The van der Waals surface area contributed by atoms with Crippen molar-refractivity contribution >= 4 is 145 Å². The summed E-state index contributed by atoms with van der Waals surface area (Å²) in [5, 5.41) is 51.1. The molecule has 0 radical (unpaired) electrons. The van der Waals surface area contributed by atoms with Crippen molar-refractivity contribution in [2.24, 2.45) is 0 Å². The van der Waals surface area contributed by atoms with Crippen molar-refractivity contribution in [2.45, 2.75) is 548 Å². The van der Waals surface area contributed by atoms with E-state index >= 15 is 0 Å². The molecule has 0 bridgehead atoms. The predicted molar refractivity (Wildman–Crippen MR) is 452 cm³/mol. The number of carboxylic acids is 5. The van der Waals surface area contributed by atoms with Gasteiger partial charge in [-0.05, 0) is 64.2 Å². The van der Waals surface area contributed by atoms with Crippen LogP contribution >= 0.6 is 0 Å². The summed E-state index contributed by atoms with van der Waals surface area (Å²) in [6.45, 7) is 11.3. The zero-order chi connectivity index (χ0) is 74.5. The molecule has 15 heteroatoms. The maximum absolute atomic E-state index is 10.2. The molecule has 0 aliphatic carbocycles. The van der Waals surface area contributed by atoms with Gasteiger partial charge in [0.2, 0.25) is 0 Å². The van der Waals surface area contributed by atoms with Gasteiger partial charge in [-0.3, -0.25) is 0 Å². The van der Waals surface area contributed by atoms with Gasteiger partial charge < -0.3 is 49.5 Å². The first-order chi connectivity index (χ1) is 48.9. The molecule has 0 N–H and O–H groups in total. The number of carboxylic acid groups (broad SMARTS) is 5. The number of carbonyl (C=O) groups excluding carboxylic acids is 5. The van der Waals surface area contributed by atoms with E-state index in [0.717, 1.165) is 64.2 Å². The molecule has 0 aromatic rings. The third kappa shape index (κ3) is 151. The van der Waals surface area contributed by atoms with E-state index in [2.05, 4.69) is 34.6 Å². The van der Waals surface area contributed by atoms with E-state index in [-0.39, 0.29) is 147 Å². The van der Waals surface area contributed by atoms with E-state index in [9.17, 15) is 49.5 Å². The maximum atomic E-state index is 10.2. The van der Waals surface area contributed by atoms with E-state index in [4.69, 9.17) is 0 Å². The fraction of sp³-hybridized carbons (Fsp3) is 0.944. The molecular weight excluding hydrogens is 1360 g/mol. The fourth-order valence-electron chi connectivity index (χ4n) is 13.2. The number of hydrogen-bond acceptors (Lipinski definition) is 10. The van der Waals surface area contributed by atoms with Crippen LogP contribution in [0.1, 0.15) is 548 Å². The Kier molecular flexibility index (Phi) is 149. The van der Waals surface area contributed by atoms with Crippen LogP contribution in [0.25, 0.3) is 0 Å². The van der Waals surface area contributed by atoms with Gasteiger partial charge in [-0.15, -0.1) is 0 Å². The van der Waals surface area contributed by atoms with E-state index in [0.29, 0.717) is 0 Å². The van der Waals surface area contributed by atoms with E-state index in [1.807, 2.05) is 0 Å². The third-order valence-electron chi connectivity index (χ3n) is 19.9. The minimum Gasteiger partial charge on any atom is -0.550 e. The second-order valence-electron chi connectivity index (χ2n) is 30.4. The first-order valence-electron chi connectivity index (χ1n) is 44.8. The minimum atomic E-state index is -0.903. The molecule has 0 aromatic heterocycles. The molecule has 105 heavy (non-hydrogen) atoms. The molecule has 0 fully saturated rings. The average molecular weight is 1540 g/mol. The first-order valence-corrected chi connectivity index (χ1v) is 44.8. The van der Waals surface area contributed by atoms with Crippen molar-refractivity contribution in [3.05, 3.63) is 0 Å². The van der Waals surface area contributed by atoms with Crippen LogP contribution in [0.4, 0.5) is 0 Å². The second kappa shape index (κ2) is 123. The molecule has 0 unspecified atom stereocenters. The Balaban J connectivity index is -0.000000133. The van der Waals surface area contributed by atoms with Gasteiger partial charge in [0.05, 0.1) is 0 Å². The minimum absolute atomic E-state index is 0. The van der Waals surface area contributed by atoms with Gasteiger partial charge in [0.25, 0.3) is 0 Å². The number of rotatable bonds is 80. The Bertz CT molecular complexity index is 1290.